The lowest BCUT2D eigenvalue weighted by molar-refractivity contribution is 1.53. The van der Waals surface area contributed by atoms with Crippen LogP contribution in [0.25, 0.3) is 42.4 Å². The van der Waals surface area contributed by atoms with E-state index in [0.29, 0.717) is 0 Å². The highest BCUT2D eigenvalue weighted by Gasteiger charge is 2.11. The second-order valence-corrected chi connectivity index (χ2v) is 8.97. The van der Waals surface area contributed by atoms with Crippen LogP contribution in [0.4, 0.5) is 11.4 Å². The average Bonchev–Trinajstić information content (AvgIpc) is 3.24. The summed E-state index contributed by atoms with van der Waals surface area (Å²) in [5, 5.41) is 6.30. The fourth-order valence-corrected chi connectivity index (χ4v) is 5.50. The number of anilines is 2. The number of para-hydroxylation sites is 1. The van der Waals surface area contributed by atoms with Crippen LogP contribution in [-0.4, -0.2) is 0 Å². The van der Waals surface area contributed by atoms with E-state index < -0.39 is 0 Å². The minimum atomic E-state index is 1.08. The van der Waals surface area contributed by atoms with E-state index in [1.165, 1.54) is 42.4 Å². The highest BCUT2D eigenvalue weighted by molar-refractivity contribution is 7.25. The Morgan fingerprint density at radius 1 is 0.469 bits per heavy atom. The molecule has 0 unspecified atom stereocenters. The van der Waals surface area contributed by atoms with Crippen LogP contribution in [0.3, 0.4) is 0 Å². The van der Waals surface area contributed by atoms with Crippen LogP contribution in [0.2, 0.25) is 0 Å². The summed E-state index contributed by atoms with van der Waals surface area (Å²) in [6.07, 6.45) is 0. The van der Waals surface area contributed by atoms with Gasteiger partial charge >= 0.3 is 0 Å². The fraction of sp³-hybridized carbons (Fsp3) is 0. The lowest BCUT2D eigenvalue weighted by Crippen LogP contribution is -1.93. The smallest absolute Gasteiger partial charge is 0.0463 e. The molecule has 2 heteroatoms. The largest absolute Gasteiger partial charge is 0.355 e. The summed E-state index contributed by atoms with van der Waals surface area (Å²) in [5.41, 5.74) is 7.13. The predicted octanol–water partition coefficient (Wildman–Crippen LogP) is 9.13. The molecule has 0 fully saturated rings. The first-order chi connectivity index (χ1) is 15.9. The van der Waals surface area contributed by atoms with Crippen molar-refractivity contribution in [3.63, 3.8) is 0 Å². The van der Waals surface area contributed by atoms with Gasteiger partial charge in [0, 0.05) is 37.1 Å². The van der Waals surface area contributed by atoms with E-state index in [1.54, 1.807) is 0 Å². The van der Waals surface area contributed by atoms with Crippen LogP contribution < -0.4 is 5.32 Å². The molecule has 0 aliphatic rings. The maximum absolute atomic E-state index is 3.61. The molecule has 6 aromatic rings. The van der Waals surface area contributed by atoms with E-state index >= 15 is 0 Å². The number of nitrogens with one attached hydrogen (secondary N) is 1. The molecule has 0 bridgehead atoms. The van der Waals surface area contributed by atoms with Gasteiger partial charge in [-0.3, -0.25) is 0 Å². The molecule has 32 heavy (non-hydrogen) atoms. The third kappa shape index (κ3) is 3.35. The van der Waals surface area contributed by atoms with Gasteiger partial charge in [-0.25, -0.2) is 0 Å². The Kier molecular flexibility index (Phi) is 4.71. The summed E-state index contributed by atoms with van der Waals surface area (Å²) >= 11 is 1.86. The van der Waals surface area contributed by atoms with Crippen molar-refractivity contribution in [2.75, 3.05) is 5.32 Å². The number of hydrogen-bond donors (Lipinski definition) is 1. The molecule has 0 aliphatic heterocycles. The molecule has 1 heterocycles. The SMILES string of the molecule is c1ccc(-c2ccccc2Nc2ccc(-c3cccc4sc5ccccc5c34)cc2)cc1. The highest BCUT2D eigenvalue weighted by Crippen LogP contribution is 2.40. The molecule has 0 saturated carbocycles. The Balaban J connectivity index is 1.37. The quantitative estimate of drug-likeness (QED) is 0.296. The zero-order valence-corrected chi connectivity index (χ0v) is 18.3. The van der Waals surface area contributed by atoms with E-state index in [0.717, 1.165) is 11.4 Å². The van der Waals surface area contributed by atoms with E-state index in [1.807, 2.05) is 11.3 Å². The van der Waals surface area contributed by atoms with Crippen LogP contribution in [-0.2, 0) is 0 Å². The molecule has 6 rings (SSSR count). The first-order valence-corrected chi connectivity index (χ1v) is 11.6. The zero-order chi connectivity index (χ0) is 21.3. The molecule has 0 spiro atoms. The van der Waals surface area contributed by atoms with E-state index in [9.17, 15) is 0 Å². The van der Waals surface area contributed by atoms with E-state index in [4.69, 9.17) is 0 Å². The van der Waals surface area contributed by atoms with Gasteiger partial charge in [0.2, 0.25) is 0 Å². The topological polar surface area (TPSA) is 12.0 Å². The Hall–Kier alpha value is -3.88. The Morgan fingerprint density at radius 3 is 2.00 bits per heavy atom. The van der Waals surface area contributed by atoms with Crippen LogP contribution >= 0.6 is 11.3 Å². The minimum absolute atomic E-state index is 1.08. The monoisotopic (exact) mass is 427 g/mol. The molecule has 0 aliphatic carbocycles. The molecule has 0 amide bonds. The fourth-order valence-electron chi connectivity index (χ4n) is 4.37. The number of fused-ring (bicyclic) bond motifs is 3. The molecular formula is C30H21NS. The summed E-state index contributed by atoms with van der Waals surface area (Å²) < 4.78 is 2.67. The van der Waals surface area contributed by atoms with Gasteiger partial charge in [-0.2, -0.15) is 0 Å². The first kappa shape index (κ1) is 18.9. The van der Waals surface area contributed by atoms with Crippen molar-refractivity contribution in [1.29, 1.82) is 0 Å². The Morgan fingerprint density at radius 2 is 1.12 bits per heavy atom. The molecule has 152 valence electrons. The zero-order valence-electron chi connectivity index (χ0n) is 17.5. The van der Waals surface area contributed by atoms with Crippen molar-refractivity contribution in [3.8, 4) is 22.3 Å². The summed E-state index contributed by atoms with van der Waals surface area (Å²) in [6.45, 7) is 0. The second kappa shape index (κ2) is 7.99. The second-order valence-electron chi connectivity index (χ2n) is 7.89. The maximum Gasteiger partial charge on any atom is 0.0463 e. The summed E-state index contributed by atoms with van der Waals surface area (Å²) in [7, 11) is 0. The van der Waals surface area contributed by atoms with Crippen LogP contribution in [0.5, 0.6) is 0 Å². The maximum atomic E-state index is 3.61. The normalized spacial score (nSPS) is 11.1. The van der Waals surface area contributed by atoms with Crippen molar-refractivity contribution in [3.05, 3.63) is 121 Å². The lowest BCUT2D eigenvalue weighted by Gasteiger charge is -2.13. The minimum Gasteiger partial charge on any atom is -0.355 e. The van der Waals surface area contributed by atoms with Gasteiger partial charge in [-0.15, -0.1) is 11.3 Å². The van der Waals surface area contributed by atoms with Crippen LogP contribution in [0, 0.1) is 0 Å². The van der Waals surface area contributed by atoms with Gasteiger partial charge in [0.1, 0.15) is 0 Å². The Bertz CT molecular complexity index is 1530. The van der Waals surface area contributed by atoms with Crippen molar-refractivity contribution in [2.45, 2.75) is 0 Å². The molecule has 1 N–H and O–H groups in total. The molecular weight excluding hydrogens is 406 g/mol. The number of rotatable bonds is 4. The molecule has 0 saturated heterocycles. The standard InChI is InChI=1S/C30H21NS/c1-2-9-21(10-3-1)24-11-4-6-14-27(24)31-23-19-17-22(18-20-23)25-13-8-16-29-30(25)26-12-5-7-15-28(26)32-29/h1-20,31H. The van der Waals surface area contributed by atoms with E-state index in [2.05, 4.69) is 127 Å². The van der Waals surface area contributed by atoms with Crippen molar-refractivity contribution in [1.82, 2.24) is 0 Å². The molecule has 0 atom stereocenters. The average molecular weight is 428 g/mol. The third-order valence-electron chi connectivity index (χ3n) is 5.89. The summed E-state index contributed by atoms with van der Waals surface area (Å²) in [4.78, 5) is 0. The van der Waals surface area contributed by atoms with Crippen LogP contribution in [0.1, 0.15) is 0 Å². The number of thiophene rings is 1. The molecule has 5 aromatic carbocycles. The first-order valence-electron chi connectivity index (χ1n) is 10.8. The Labute approximate surface area is 191 Å². The van der Waals surface area contributed by atoms with Gasteiger partial charge < -0.3 is 5.32 Å². The number of hydrogen-bond acceptors (Lipinski definition) is 2. The lowest BCUT2D eigenvalue weighted by atomic mass is 9.99. The molecule has 1 nitrogen and oxygen atoms in total. The van der Waals surface area contributed by atoms with Gasteiger partial charge in [0.25, 0.3) is 0 Å². The van der Waals surface area contributed by atoms with Crippen molar-refractivity contribution in [2.24, 2.45) is 0 Å². The summed E-state index contributed by atoms with van der Waals surface area (Å²) in [5.74, 6) is 0. The van der Waals surface area contributed by atoms with Crippen molar-refractivity contribution >= 4 is 42.9 Å². The van der Waals surface area contributed by atoms with Gasteiger partial charge in [0.15, 0.2) is 0 Å². The molecule has 1 aromatic heterocycles. The van der Waals surface area contributed by atoms with Gasteiger partial charge in [-0.1, -0.05) is 91.0 Å². The number of benzene rings is 5. The van der Waals surface area contributed by atoms with Crippen LogP contribution in [0.15, 0.2) is 121 Å². The van der Waals surface area contributed by atoms with Gasteiger partial charge in [-0.05, 0) is 47.0 Å². The highest BCUT2D eigenvalue weighted by atomic mass is 32.1. The van der Waals surface area contributed by atoms with E-state index in [-0.39, 0.29) is 0 Å². The third-order valence-corrected chi connectivity index (χ3v) is 7.03. The molecule has 0 radical (unpaired) electrons. The van der Waals surface area contributed by atoms with Gasteiger partial charge in [0.05, 0.1) is 0 Å². The summed E-state index contributed by atoms with van der Waals surface area (Å²) in [6, 6.07) is 43.0. The predicted molar refractivity (Wildman–Crippen MR) is 140 cm³/mol. The van der Waals surface area contributed by atoms with Crippen molar-refractivity contribution < 1.29 is 0 Å².